The second-order valence-electron chi connectivity index (χ2n) is 1.75. The van der Waals surface area contributed by atoms with Gasteiger partial charge in [0.2, 0.25) is 6.19 Å². The second kappa shape index (κ2) is 5.52. The van der Waals surface area contributed by atoms with Crippen molar-refractivity contribution in [3.63, 3.8) is 0 Å². The standard InChI is InChI=1S/C6H7ClN4/c1-6(10-5-9)11(7)4-2-3-8/h2,4H2,1H3. The smallest absolute Gasteiger partial charge is 0.207 e. The van der Waals surface area contributed by atoms with Gasteiger partial charge in [0.1, 0.15) is 5.84 Å². The predicted molar refractivity (Wildman–Crippen MR) is 41.5 cm³/mol. The number of rotatable bonds is 2. The number of nitriles is 2. The fourth-order valence-corrected chi connectivity index (χ4v) is 0.559. The molecule has 0 spiro atoms. The normalized spacial score (nSPS) is 10.0. The van der Waals surface area contributed by atoms with Crippen LogP contribution in [0.1, 0.15) is 13.3 Å². The topological polar surface area (TPSA) is 63.2 Å². The molecule has 0 rings (SSSR count). The first-order valence-electron chi connectivity index (χ1n) is 2.96. The lowest BCUT2D eigenvalue weighted by atomic mass is 10.4. The van der Waals surface area contributed by atoms with Gasteiger partial charge in [-0.25, -0.2) is 0 Å². The van der Waals surface area contributed by atoms with E-state index in [1.165, 1.54) is 4.42 Å². The highest BCUT2D eigenvalue weighted by Gasteiger charge is 2.00. The summed E-state index contributed by atoms with van der Waals surface area (Å²) < 4.78 is 1.24. The van der Waals surface area contributed by atoms with Gasteiger partial charge in [-0.2, -0.15) is 15.5 Å². The van der Waals surface area contributed by atoms with E-state index in [1.807, 2.05) is 6.07 Å². The van der Waals surface area contributed by atoms with Gasteiger partial charge in [-0.1, -0.05) is 0 Å². The molecule has 0 saturated carbocycles. The lowest BCUT2D eigenvalue weighted by molar-refractivity contribution is 0.659. The SMILES string of the molecule is CC(=NC#N)N(Cl)CCC#N. The Morgan fingerprint density at radius 1 is 1.64 bits per heavy atom. The summed E-state index contributed by atoms with van der Waals surface area (Å²) in [6.45, 7) is 1.99. The number of halogens is 1. The average molecular weight is 171 g/mol. The molecular weight excluding hydrogens is 164 g/mol. The van der Waals surface area contributed by atoms with Gasteiger partial charge in [0.25, 0.3) is 0 Å². The molecule has 0 bridgehead atoms. The van der Waals surface area contributed by atoms with Crippen molar-refractivity contribution in [2.75, 3.05) is 6.54 Å². The van der Waals surface area contributed by atoms with Crippen molar-refractivity contribution < 1.29 is 0 Å². The van der Waals surface area contributed by atoms with Gasteiger partial charge in [0.15, 0.2) is 0 Å². The van der Waals surface area contributed by atoms with E-state index in [0.717, 1.165) is 0 Å². The molecule has 0 saturated heterocycles. The van der Waals surface area contributed by atoms with Crippen molar-refractivity contribution in [1.82, 2.24) is 4.42 Å². The Morgan fingerprint density at radius 3 is 2.73 bits per heavy atom. The number of nitrogens with zero attached hydrogens (tertiary/aromatic N) is 4. The van der Waals surface area contributed by atoms with Crippen LogP contribution in [0.25, 0.3) is 0 Å². The van der Waals surface area contributed by atoms with E-state index < -0.39 is 0 Å². The maximum Gasteiger partial charge on any atom is 0.207 e. The predicted octanol–water partition coefficient (Wildman–Crippen LogP) is 1.26. The molecule has 0 fully saturated rings. The van der Waals surface area contributed by atoms with Crippen LogP contribution in [-0.4, -0.2) is 16.8 Å². The molecule has 5 heteroatoms. The van der Waals surface area contributed by atoms with Crippen LogP contribution < -0.4 is 0 Å². The first-order chi connectivity index (χ1) is 5.22. The largest absolute Gasteiger partial charge is 0.271 e. The maximum atomic E-state index is 8.19. The zero-order valence-corrected chi connectivity index (χ0v) is 6.84. The van der Waals surface area contributed by atoms with Gasteiger partial charge in [-0.3, -0.25) is 4.42 Å². The zero-order chi connectivity index (χ0) is 8.69. The van der Waals surface area contributed by atoms with E-state index in [9.17, 15) is 0 Å². The molecule has 0 radical (unpaired) electrons. The van der Waals surface area contributed by atoms with Crippen molar-refractivity contribution in [3.8, 4) is 12.3 Å². The molecule has 58 valence electrons. The molecule has 0 heterocycles. The number of hydrogen-bond donors (Lipinski definition) is 0. The quantitative estimate of drug-likeness (QED) is 0.271. The Kier molecular flexibility index (Phi) is 4.89. The van der Waals surface area contributed by atoms with Crippen LogP contribution in [0.5, 0.6) is 0 Å². The summed E-state index contributed by atoms with van der Waals surface area (Å²) in [4.78, 5) is 3.38. The molecule has 0 atom stereocenters. The van der Waals surface area contributed by atoms with Gasteiger partial charge < -0.3 is 0 Å². The van der Waals surface area contributed by atoms with Gasteiger partial charge in [0, 0.05) is 18.3 Å². The zero-order valence-electron chi connectivity index (χ0n) is 6.08. The molecule has 0 unspecified atom stereocenters. The Bertz CT molecular complexity index is 222. The lowest BCUT2D eigenvalue weighted by Gasteiger charge is -2.10. The molecule has 0 aliphatic heterocycles. The maximum absolute atomic E-state index is 8.19. The minimum atomic E-state index is 0.321. The van der Waals surface area contributed by atoms with Crippen LogP contribution >= 0.6 is 11.8 Å². The van der Waals surface area contributed by atoms with E-state index in [-0.39, 0.29) is 0 Å². The third-order valence-corrected chi connectivity index (χ3v) is 1.40. The van der Waals surface area contributed by atoms with E-state index in [4.69, 9.17) is 22.3 Å². The van der Waals surface area contributed by atoms with Crippen LogP contribution in [0, 0.1) is 22.8 Å². The number of amidine groups is 1. The average Bonchev–Trinajstić information content (AvgIpc) is 2.00. The van der Waals surface area contributed by atoms with Gasteiger partial charge in [-0.05, 0) is 6.92 Å². The minimum Gasteiger partial charge on any atom is -0.271 e. The fourth-order valence-electron chi connectivity index (χ4n) is 0.437. The minimum absolute atomic E-state index is 0.321. The highest BCUT2D eigenvalue weighted by Crippen LogP contribution is 1.97. The van der Waals surface area contributed by atoms with Crippen LogP contribution in [0.4, 0.5) is 0 Å². The Hall–Kier alpha value is -1.26. The summed E-state index contributed by atoms with van der Waals surface area (Å²) in [5, 5.41) is 16.3. The highest BCUT2D eigenvalue weighted by atomic mass is 35.5. The summed E-state index contributed by atoms with van der Waals surface area (Å²) in [7, 11) is 0. The monoisotopic (exact) mass is 170 g/mol. The Labute approximate surface area is 70.4 Å². The first-order valence-corrected chi connectivity index (χ1v) is 3.29. The van der Waals surface area contributed by atoms with Crippen LogP contribution in [0.15, 0.2) is 4.99 Å². The van der Waals surface area contributed by atoms with Crippen molar-refractivity contribution in [2.24, 2.45) is 4.99 Å². The molecule has 0 aliphatic carbocycles. The summed E-state index contributed by atoms with van der Waals surface area (Å²) in [5.41, 5.74) is 0. The Morgan fingerprint density at radius 2 is 2.27 bits per heavy atom. The molecule has 0 N–H and O–H groups in total. The number of aliphatic imine (C=N–C) groups is 1. The molecule has 0 aromatic rings. The summed E-state index contributed by atoms with van der Waals surface area (Å²) in [5.74, 6) is 0.407. The molecular formula is C6H7ClN4. The molecule has 0 aromatic carbocycles. The molecule has 0 aliphatic rings. The third kappa shape index (κ3) is 4.19. The van der Waals surface area contributed by atoms with Gasteiger partial charge in [-0.15, -0.1) is 0 Å². The molecule has 0 aromatic heterocycles. The van der Waals surface area contributed by atoms with Gasteiger partial charge >= 0.3 is 0 Å². The van der Waals surface area contributed by atoms with Crippen LogP contribution in [0.2, 0.25) is 0 Å². The van der Waals surface area contributed by atoms with Crippen molar-refractivity contribution >= 4 is 17.6 Å². The van der Waals surface area contributed by atoms with Gasteiger partial charge in [0.05, 0.1) is 12.5 Å². The van der Waals surface area contributed by atoms with Crippen molar-refractivity contribution in [2.45, 2.75) is 13.3 Å². The second-order valence-corrected chi connectivity index (χ2v) is 2.16. The summed E-state index contributed by atoms with van der Waals surface area (Å²) >= 11 is 5.59. The van der Waals surface area contributed by atoms with E-state index in [0.29, 0.717) is 18.8 Å². The molecule has 11 heavy (non-hydrogen) atoms. The first kappa shape index (κ1) is 9.74. The molecule has 4 nitrogen and oxygen atoms in total. The molecule has 0 amide bonds. The Balaban J connectivity index is 3.87. The summed E-state index contributed by atoms with van der Waals surface area (Å²) in [6, 6.07) is 1.93. The van der Waals surface area contributed by atoms with Crippen LogP contribution in [-0.2, 0) is 0 Å². The van der Waals surface area contributed by atoms with E-state index in [2.05, 4.69) is 4.99 Å². The highest BCUT2D eigenvalue weighted by molar-refractivity contribution is 6.21. The van der Waals surface area contributed by atoms with Crippen LogP contribution in [0.3, 0.4) is 0 Å². The summed E-state index contributed by atoms with van der Waals surface area (Å²) in [6.07, 6.45) is 1.92. The fraction of sp³-hybridized carbons (Fsp3) is 0.500. The lowest BCUT2D eigenvalue weighted by Crippen LogP contribution is -2.19. The van der Waals surface area contributed by atoms with E-state index in [1.54, 1.807) is 13.1 Å². The van der Waals surface area contributed by atoms with Crippen molar-refractivity contribution in [3.05, 3.63) is 0 Å². The van der Waals surface area contributed by atoms with Crippen molar-refractivity contribution in [1.29, 1.82) is 10.5 Å². The third-order valence-electron chi connectivity index (χ3n) is 0.983. The number of hydrogen-bond acceptors (Lipinski definition) is 3. The van der Waals surface area contributed by atoms with E-state index >= 15 is 0 Å².